The van der Waals surface area contributed by atoms with Gasteiger partial charge < -0.3 is 10.2 Å². The monoisotopic (exact) mass is 387 g/mol. The second-order valence-corrected chi connectivity index (χ2v) is 7.60. The third-order valence-electron chi connectivity index (χ3n) is 5.69. The maximum absolute atomic E-state index is 13.7. The average Bonchev–Trinajstić information content (AvgIpc) is 2.77. The van der Waals surface area contributed by atoms with Crippen molar-refractivity contribution >= 4 is 22.6 Å². The third-order valence-corrected chi connectivity index (χ3v) is 5.69. The molecule has 2 atom stereocenters. The molecule has 0 saturated carbocycles. The Labute approximate surface area is 170 Å². The topological polar surface area (TPSA) is 62.3 Å². The van der Waals surface area contributed by atoms with Crippen LogP contribution in [0.4, 0.5) is 0 Å². The van der Waals surface area contributed by atoms with Gasteiger partial charge in [-0.1, -0.05) is 42.5 Å². The Balaban J connectivity index is 1.73. The van der Waals surface area contributed by atoms with E-state index in [2.05, 4.69) is 22.4 Å². The van der Waals surface area contributed by atoms with Gasteiger partial charge in [-0.25, -0.2) is 0 Å². The molecule has 3 aromatic rings. The maximum Gasteiger partial charge on any atom is 0.255 e. The molecular formula is C24H25N3O2. The Kier molecular flexibility index (Phi) is 5.56. The number of hydrogen-bond acceptors (Lipinski definition) is 3. The first-order valence-electron chi connectivity index (χ1n) is 10.1. The number of likely N-dealkylation sites (tertiary alicyclic amines) is 1. The predicted octanol–water partition coefficient (Wildman–Crippen LogP) is 3.96. The van der Waals surface area contributed by atoms with Crippen LogP contribution in [0.3, 0.4) is 0 Å². The number of pyridine rings is 1. The van der Waals surface area contributed by atoms with Crippen LogP contribution in [0.25, 0.3) is 10.8 Å². The van der Waals surface area contributed by atoms with Gasteiger partial charge in [-0.05, 0) is 35.9 Å². The van der Waals surface area contributed by atoms with Crippen LogP contribution < -0.4 is 5.32 Å². The summed E-state index contributed by atoms with van der Waals surface area (Å²) in [4.78, 5) is 31.4. The average molecular weight is 387 g/mol. The summed E-state index contributed by atoms with van der Waals surface area (Å²) in [5, 5.41) is 4.84. The Hall–Kier alpha value is -3.21. The highest BCUT2D eigenvalue weighted by atomic mass is 16.2. The van der Waals surface area contributed by atoms with Crippen molar-refractivity contribution in [2.24, 2.45) is 5.92 Å². The summed E-state index contributed by atoms with van der Waals surface area (Å²) in [6, 6.07) is 17.8. The molecule has 5 heteroatoms. The number of piperidine rings is 1. The number of rotatable bonds is 4. The molecule has 4 rings (SSSR count). The van der Waals surface area contributed by atoms with Gasteiger partial charge in [0.05, 0.1) is 6.04 Å². The van der Waals surface area contributed by atoms with Crippen LogP contribution in [0.2, 0.25) is 0 Å². The molecule has 1 aromatic heterocycles. The minimum absolute atomic E-state index is 0.0185. The lowest BCUT2D eigenvalue weighted by molar-refractivity contribution is -0.119. The van der Waals surface area contributed by atoms with E-state index in [9.17, 15) is 9.59 Å². The quantitative estimate of drug-likeness (QED) is 0.737. The fourth-order valence-electron chi connectivity index (χ4n) is 4.35. The van der Waals surface area contributed by atoms with E-state index in [1.54, 1.807) is 12.4 Å². The highest BCUT2D eigenvalue weighted by Crippen LogP contribution is 2.37. The number of fused-ring (bicyclic) bond motifs is 1. The summed E-state index contributed by atoms with van der Waals surface area (Å²) < 4.78 is 0. The Morgan fingerprint density at radius 2 is 1.93 bits per heavy atom. The van der Waals surface area contributed by atoms with E-state index in [4.69, 9.17) is 0 Å². The lowest BCUT2D eigenvalue weighted by Crippen LogP contribution is -2.46. The van der Waals surface area contributed by atoms with Crippen LogP contribution in [0, 0.1) is 5.92 Å². The first kappa shape index (κ1) is 19.1. The number of hydrogen-bond donors (Lipinski definition) is 1. The smallest absolute Gasteiger partial charge is 0.255 e. The van der Waals surface area contributed by atoms with Gasteiger partial charge in [0.1, 0.15) is 0 Å². The predicted molar refractivity (Wildman–Crippen MR) is 113 cm³/mol. The molecule has 1 N–H and O–H groups in total. The van der Waals surface area contributed by atoms with Gasteiger partial charge in [-0.3, -0.25) is 14.6 Å². The van der Waals surface area contributed by atoms with Crippen LogP contribution in [0.15, 0.2) is 67.0 Å². The number of benzene rings is 2. The molecule has 0 aliphatic carbocycles. The number of carbonyl (C=O) groups excluding carboxylic acids is 2. The minimum atomic E-state index is -0.0729. The van der Waals surface area contributed by atoms with Gasteiger partial charge in [-0.15, -0.1) is 0 Å². The Morgan fingerprint density at radius 3 is 2.72 bits per heavy atom. The second-order valence-electron chi connectivity index (χ2n) is 7.60. The fraction of sp³-hybridized carbons (Fsp3) is 0.292. The van der Waals surface area contributed by atoms with Gasteiger partial charge in [0.15, 0.2) is 0 Å². The lowest BCUT2D eigenvalue weighted by atomic mass is 9.84. The summed E-state index contributed by atoms with van der Waals surface area (Å²) in [6.45, 7) is 2.80. The zero-order valence-electron chi connectivity index (χ0n) is 16.5. The van der Waals surface area contributed by atoms with Crippen LogP contribution in [0.5, 0.6) is 0 Å². The van der Waals surface area contributed by atoms with Crippen LogP contribution in [-0.2, 0) is 4.79 Å². The first-order valence-corrected chi connectivity index (χ1v) is 10.1. The van der Waals surface area contributed by atoms with Crippen molar-refractivity contribution in [3.8, 4) is 0 Å². The third kappa shape index (κ3) is 3.99. The van der Waals surface area contributed by atoms with E-state index < -0.39 is 0 Å². The van der Waals surface area contributed by atoms with E-state index in [0.717, 1.165) is 29.2 Å². The molecular weight excluding hydrogens is 362 g/mol. The lowest BCUT2D eigenvalue weighted by Gasteiger charge is -2.42. The number of amides is 2. The van der Waals surface area contributed by atoms with Gasteiger partial charge in [0.2, 0.25) is 5.91 Å². The highest BCUT2D eigenvalue weighted by molar-refractivity contribution is 6.06. The molecule has 2 aromatic carbocycles. The Morgan fingerprint density at radius 1 is 1.10 bits per heavy atom. The fourth-order valence-corrected chi connectivity index (χ4v) is 4.35. The number of nitrogens with one attached hydrogen (secondary N) is 1. The van der Waals surface area contributed by atoms with Crippen molar-refractivity contribution in [3.63, 3.8) is 0 Å². The summed E-state index contributed by atoms with van der Waals surface area (Å²) in [7, 11) is 0. The van der Waals surface area contributed by atoms with E-state index in [1.807, 2.05) is 47.4 Å². The molecule has 0 spiro atoms. The molecule has 0 radical (unpaired) electrons. The molecule has 2 amide bonds. The number of carbonyl (C=O) groups is 2. The molecule has 148 valence electrons. The van der Waals surface area contributed by atoms with Crippen molar-refractivity contribution < 1.29 is 9.59 Å². The molecule has 1 aliphatic heterocycles. The standard InChI is InChI=1S/C24H25N3O2/c1-17(28)26-15-20-10-6-14-27(23(20)19-7-3-2-4-8-19)24(29)21-11-5-9-18-12-13-25-16-22(18)21/h2-5,7-9,11-13,16,20,23H,6,10,14-15H2,1H3,(H,26,28)/t20-,23+/m0/s1. The SMILES string of the molecule is CC(=O)NC[C@@H]1CCCN(C(=O)c2cccc3ccncc23)[C@@H]1c1ccccc1. The molecule has 0 unspecified atom stereocenters. The normalized spacial score (nSPS) is 19.1. The highest BCUT2D eigenvalue weighted by Gasteiger charge is 2.36. The summed E-state index contributed by atoms with van der Waals surface area (Å²) in [6.07, 6.45) is 5.40. The van der Waals surface area contributed by atoms with Crippen LogP contribution >= 0.6 is 0 Å². The minimum Gasteiger partial charge on any atom is -0.356 e. The van der Waals surface area contributed by atoms with E-state index in [1.165, 1.54) is 6.92 Å². The van der Waals surface area contributed by atoms with Gasteiger partial charge in [0.25, 0.3) is 5.91 Å². The van der Waals surface area contributed by atoms with E-state index >= 15 is 0 Å². The first-order chi connectivity index (χ1) is 14.1. The molecule has 0 bridgehead atoms. The maximum atomic E-state index is 13.7. The van der Waals surface area contributed by atoms with Crippen molar-refractivity contribution in [1.82, 2.24) is 15.2 Å². The van der Waals surface area contributed by atoms with Crippen molar-refractivity contribution in [2.75, 3.05) is 13.1 Å². The molecule has 29 heavy (non-hydrogen) atoms. The van der Waals surface area contributed by atoms with Crippen molar-refractivity contribution in [1.29, 1.82) is 0 Å². The summed E-state index contributed by atoms with van der Waals surface area (Å²) in [5.41, 5.74) is 1.78. The molecule has 5 nitrogen and oxygen atoms in total. The molecule has 2 heterocycles. The zero-order chi connectivity index (χ0) is 20.2. The van der Waals surface area contributed by atoms with Gasteiger partial charge in [0, 0.05) is 49.3 Å². The van der Waals surface area contributed by atoms with Crippen molar-refractivity contribution in [2.45, 2.75) is 25.8 Å². The molecule has 1 saturated heterocycles. The van der Waals surface area contributed by atoms with Gasteiger partial charge >= 0.3 is 0 Å². The largest absolute Gasteiger partial charge is 0.356 e. The summed E-state index contributed by atoms with van der Waals surface area (Å²) in [5.74, 6) is 0.150. The Bertz CT molecular complexity index is 1010. The van der Waals surface area contributed by atoms with Crippen LogP contribution in [-0.4, -0.2) is 34.8 Å². The van der Waals surface area contributed by atoms with Crippen molar-refractivity contribution in [3.05, 3.63) is 78.1 Å². The number of aromatic nitrogens is 1. The zero-order valence-corrected chi connectivity index (χ0v) is 16.5. The van der Waals surface area contributed by atoms with E-state index in [-0.39, 0.29) is 23.8 Å². The summed E-state index contributed by atoms with van der Waals surface area (Å²) >= 11 is 0. The van der Waals surface area contributed by atoms with Crippen LogP contribution in [0.1, 0.15) is 41.7 Å². The number of nitrogens with zero attached hydrogens (tertiary/aromatic N) is 2. The molecule has 1 fully saturated rings. The van der Waals surface area contributed by atoms with Gasteiger partial charge in [-0.2, -0.15) is 0 Å². The molecule has 1 aliphatic rings. The van der Waals surface area contributed by atoms with E-state index in [0.29, 0.717) is 18.7 Å². The second kappa shape index (κ2) is 8.43.